The van der Waals surface area contributed by atoms with Crippen LogP contribution in [-0.4, -0.2) is 50.8 Å². The number of nitrogens with zero attached hydrogens (tertiary/aromatic N) is 1. The lowest BCUT2D eigenvalue weighted by Crippen LogP contribution is -2.31. The molecular formula is C11H22N2O. The number of hydrogen-bond acceptors (Lipinski definition) is 3. The normalized spacial score (nSPS) is 28.5. The number of nitrogens with one attached hydrogen (secondary N) is 1. The van der Waals surface area contributed by atoms with Crippen LogP contribution in [0, 0.1) is 5.92 Å². The van der Waals surface area contributed by atoms with Crippen LogP contribution in [0.4, 0.5) is 0 Å². The Morgan fingerprint density at radius 2 is 2.21 bits per heavy atom. The SMILES string of the molecule is CNC1CCN(CCOCC2CC2)C1. The molecule has 1 N–H and O–H groups in total. The highest BCUT2D eigenvalue weighted by atomic mass is 16.5. The number of ether oxygens (including phenoxy) is 1. The summed E-state index contributed by atoms with van der Waals surface area (Å²) < 4.78 is 5.63. The van der Waals surface area contributed by atoms with Crippen LogP contribution >= 0.6 is 0 Å². The van der Waals surface area contributed by atoms with E-state index in [1.165, 1.54) is 32.4 Å². The molecule has 0 amide bonds. The molecule has 0 bridgehead atoms. The minimum absolute atomic E-state index is 0.707. The fourth-order valence-electron chi connectivity index (χ4n) is 2.00. The zero-order valence-electron chi connectivity index (χ0n) is 9.17. The zero-order valence-corrected chi connectivity index (χ0v) is 9.17. The first-order valence-electron chi connectivity index (χ1n) is 5.86. The van der Waals surface area contributed by atoms with E-state index in [9.17, 15) is 0 Å². The summed E-state index contributed by atoms with van der Waals surface area (Å²) in [5, 5.41) is 3.33. The lowest BCUT2D eigenvalue weighted by Gasteiger charge is -2.15. The van der Waals surface area contributed by atoms with Crippen LogP contribution in [0.2, 0.25) is 0 Å². The largest absolute Gasteiger partial charge is 0.380 e. The summed E-state index contributed by atoms with van der Waals surface area (Å²) in [6, 6.07) is 0.707. The molecule has 0 aromatic rings. The van der Waals surface area contributed by atoms with E-state index in [1.54, 1.807) is 0 Å². The smallest absolute Gasteiger partial charge is 0.0593 e. The Hall–Kier alpha value is -0.120. The maximum Gasteiger partial charge on any atom is 0.0593 e. The second-order valence-electron chi connectivity index (χ2n) is 4.59. The Bertz CT molecular complexity index is 171. The number of likely N-dealkylation sites (N-methyl/N-ethyl adjacent to an activating group) is 1. The van der Waals surface area contributed by atoms with Gasteiger partial charge < -0.3 is 10.1 Å². The summed E-state index contributed by atoms with van der Waals surface area (Å²) in [4.78, 5) is 2.49. The average molecular weight is 198 g/mol. The van der Waals surface area contributed by atoms with Gasteiger partial charge in [-0.05, 0) is 38.8 Å². The van der Waals surface area contributed by atoms with Gasteiger partial charge in [0.25, 0.3) is 0 Å². The fourth-order valence-corrected chi connectivity index (χ4v) is 2.00. The number of rotatable bonds is 6. The molecule has 1 saturated heterocycles. The first-order valence-corrected chi connectivity index (χ1v) is 5.86. The molecule has 0 spiro atoms. The lowest BCUT2D eigenvalue weighted by atomic mass is 10.3. The van der Waals surface area contributed by atoms with Crippen molar-refractivity contribution in [3.8, 4) is 0 Å². The molecule has 1 unspecified atom stereocenters. The molecule has 1 saturated carbocycles. The summed E-state index contributed by atoms with van der Waals surface area (Å²) in [6.07, 6.45) is 4.08. The summed E-state index contributed by atoms with van der Waals surface area (Å²) in [6.45, 7) is 5.47. The molecule has 0 radical (unpaired) electrons. The Labute approximate surface area is 86.8 Å². The van der Waals surface area contributed by atoms with Crippen LogP contribution in [0.3, 0.4) is 0 Å². The molecular weight excluding hydrogens is 176 g/mol. The molecule has 1 atom stereocenters. The molecule has 0 aromatic carbocycles. The van der Waals surface area contributed by atoms with Crippen LogP contribution < -0.4 is 5.32 Å². The summed E-state index contributed by atoms with van der Waals surface area (Å²) in [5.41, 5.74) is 0. The predicted molar refractivity (Wildman–Crippen MR) is 57.4 cm³/mol. The van der Waals surface area contributed by atoms with E-state index in [0.29, 0.717) is 6.04 Å². The molecule has 1 heterocycles. The second kappa shape index (κ2) is 5.10. The van der Waals surface area contributed by atoms with Crippen LogP contribution in [-0.2, 0) is 4.74 Å². The molecule has 2 rings (SSSR count). The van der Waals surface area contributed by atoms with Crippen molar-refractivity contribution < 1.29 is 4.74 Å². The van der Waals surface area contributed by atoms with Gasteiger partial charge in [-0.1, -0.05) is 0 Å². The van der Waals surface area contributed by atoms with Crippen molar-refractivity contribution in [1.82, 2.24) is 10.2 Å². The molecule has 3 nitrogen and oxygen atoms in total. The molecule has 14 heavy (non-hydrogen) atoms. The van der Waals surface area contributed by atoms with Crippen LogP contribution in [0.1, 0.15) is 19.3 Å². The average Bonchev–Trinajstić information content (AvgIpc) is 2.91. The van der Waals surface area contributed by atoms with Gasteiger partial charge in [-0.25, -0.2) is 0 Å². The van der Waals surface area contributed by atoms with E-state index in [-0.39, 0.29) is 0 Å². The Kier molecular flexibility index (Phi) is 3.79. The van der Waals surface area contributed by atoms with Crippen molar-refractivity contribution in [2.45, 2.75) is 25.3 Å². The highest BCUT2D eigenvalue weighted by Crippen LogP contribution is 2.28. The van der Waals surface area contributed by atoms with E-state index in [1.807, 2.05) is 0 Å². The van der Waals surface area contributed by atoms with E-state index in [4.69, 9.17) is 4.74 Å². The molecule has 2 fully saturated rings. The van der Waals surface area contributed by atoms with Crippen molar-refractivity contribution >= 4 is 0 Å². The van der Waals surface area contributed by atoms with Crippen molar-refractivity contribution in [2.24, 2.45) is 5.92 Å². The van der Waals surface area contributed by atoms with Gasteiger partial charge in [0.15, 0.2) is 0 Å². The Balaban J connectivity index is 1.48. The first-order chi connectivity index (χ1) is 6.88. The Morgan fingerprint density at radius 1 is 1.36 bits per heavy atom. The summed E-state index contributed by atoms with van der Waals surface area (Å²) in [5.74, 6) is 0.902. The predicted octanol–water partition coefficient (Wildman–Crippen LogP) is 0.707. The van der Waals surface area contributed by atoms with E-state index < -0.39 is 0 Å². The maximum absolute atomic E-state index is 5.63. The highest BCUT2D eigenvalue weighted by molar-refractivity contribution is 4.79. The lowest BCUT2D eigenvalue weighted by molar-refractivity contribution is 0.102. The van der Waals surface area contributed by atoms with Gasteiger partial charge in [0, 0.05) is 25.7 Å². The van der Waals surface area contributed by atoms with Crippen LogP contribution in [0.15, 0.2) is 0 Å². The topological polar surface area (TPSA) is 24.5 Å². The van der Waals surface area contributed by atoms with Gasteiger partial charge in [-0.3, -0.25) is 4.90 Å². The molecule has 0 aromatic heterocycles. The second-order valence-corrected chi connectivity index (χ2v) is 4.59. The first kappa shape index (κ1) is 10.4. The van der Waals surface area contributed by atoms with Crippen molar-refractivity contribution in [2.75, 3.05) is 39.9 Å². The fraction of sp³-hybridized carbons (Fsp3) is 1.00. The minimum Gasteiger partial charge on any atom is -0.380 e. The third-order valence-electron chi connectivity index (χ3n) is 3.28. The summed E-state index contributed by atoms with van der Waals surface area (Å²) >= 11 is 0. The van der Waals surface area contributed by atoms with E-state index in [0.717, 1.165) is 25.7 Å². The van der Waals surface area contributed by atoms with Crippen molar-refractivity contribution in [3.05, 3.63) is 0 Å². The van der Waals surface area contributed by atoms with E-state index in [2.05, 4.69) is 17.3 Å². The zero-order chi connectivity index (χ0) is 9.80. The molecule has 1 aliphatic heterocycles. The Morgan fingerprint density at radius 3 is 2.86 bits per heavy atom. The van der Waals surface area contributed by atoms with Gasteiger partial charge in [-0.2, -0.15) is 0 Å². The van der Waals surface area contributed by atoms with Gasteiger partial charge in [0.05, 0.1) is 6.61 Å². The van der Waals surface area contributed by atoms with Crippen LogP contribution in [0.25, 0.3) is 0 Å². The standard InChI is InChI=1S/C11H22N2O/c1-12-11-4-5-13(8-11)6-7-14-9-10-2-3-10/h10-12H,2-9H2,1H3. The van der Waals surface area contributed by atoms with E-state index >= 15 is 0 Å². The van der Waals surface area contributed by atoms with Gasteiger partial charge >= 0.3 is 0 Å². The monoisotopic (exact) mass is 198 g/mol. The third-order valence-corrected chi connectivity index (χ3v) is 3.28. The quantitative estimate of drug-likeness (QED) is 0.636. The van der Waals surface area contributed by atoms with Gasteiger partial charge in [-0.15, -0.1) is 0 Å². The minimum atomic E-state index is 0.707. The number of hydrogen-bond donors (Lipinski definition) is 1. The van der Waals surface area contributed by atoms with Crippen molar-refractivity contribution in [1.29, 1.82) is 0 Å². The molecule has 82 valence electrons. The highest BCUT2D eigenvalue weighted by Gasteiger charge is 2.22. The maximum atomic E-state index is 5.63. The van der Waals surface area contributed by atoms with Gasteiger partial charge in [0.1, 0.15) is 0 Å². The molecule has 3 heteroatoms. The third kappa shape index (κ3) is 3.23. The van der Waals surface area contributed by atoms with Crippen molar-refractivity contribution in [3.63, 3.8) is 0 Å². The summed E-state index contributed by atoms with van der Waals surface area (Å²) in [7, 11) is 2.05. The van der Waals surface area contributed by atoms with Crippen LogP contribution in [0.5, 0.6) is 0 Å². The number of likely N-dealkylation sites (tertiary alicyclic amines) is 1. The van der Waals surface area contributed by atoms with Gasteiger partial charge in [0.2, 0.25) is 0 Å². The molecule has 1 aliphatic carbocycles. The molecule has 2 aliphatic rings.